The molecule has 0 saturated heterocycles. The van der Waals surface area contributed by atoms with Gasteiger partial charge in [-0.1, -0.05) is 44.0 Å². The van der Waals surface area contributed by atoms with Crippen molar-refractivity contribution in [2.24, 2.45) is 17.7 Å². The second-order valence-corrected chi connectivity index (χ2v) is 5.94. The third-order valence-corrected chi connectivity index (χ3v) is 4.46. The van der Waals surface area contributed by atoms with Crippen LogP contribution in [0.2, 0.25) is 0 Å². The summed E-state index contributed by atoms with van der Waals surface area (Å²) in [6.45, 7) is 4.56. The maximum Gasteiger partial charge on any atom is 0.0279 e. The Morgan fingerprint density at radius 1 is 1.33 bits per heavy atom. The molecule has 3 N–H and O–H groups in total. The van der Waals surface area contributed by atoms with Gasteiger partial charge in [0.2, 0.25) is 0 Å². The van der Waals surface area contributed by atoms with Crippen LogP contribution in [0.4, 0.5) is 0 Å². The molecule has 18 heavy (non-hydrogen) atoms. The lowest BCUT2D eigenvalue weighted by Gasteiger charge is -2.33. The van der Waals surface area contributed by atoms with Crippen LogP contribution in [0.15, 0.2) is 24.3 Å². The molecule has 0 heterocycles. The van der Waals surface area contributed by atoms with Crippen LogP contribution in [0.3, 0.4) is 0 Å². The third kappa shape index (κ3) is 3.33. The molecule has 0 bridgehead atoms. The van der Waals surface area contributed by atoms with Crippen LogP contribution < -0.4 is 11.3 Å². The Labute approximate surface area is 111 Å². The molecule has 3 unspecified atom stereocenters. The number of hydrogen-bond donors (Lipinski definition) is 2. The molecule has 0 aliphatic heterocycles. The Morgan fingerprint density at radius 3 is 2.78 bits per heavy atom. The lowest BCUT2D eigenvalue weighted by atomic mass is 9.77. The highest BCUT2D eigenvalue weighted by atomic mass is 15.2. The lowest BCUT2D eigenvalue weighted by molar-refractivity contribution is 0.222. The zero-order chi connectivity index (χ0) is 13.0. The predicted octanol–water partition coefficient (Wildman–Crippen LogP) is 3.20. The van der Waals surface area contributed by atoms with E-state index in [1.807, 2.05) is 0 Å². The van der Waals surface area contributed by atoms with Crippen molar-refractivity contribution in [3.63, 3.8) is 0 Å². The minimum absolute atomic E-state index is 0.425. The van der Waals surface area contributed by atoms with Crippen molar-refractivity contribution >= 4 is 0 Å². The van der Waals surface area contributed by atoms with E-state index in [2.05, 4.69) is 43.5 Å². The molecule has 100 valence electrons. The highest BCUT2D eigenvalue weighted by Crippen LogP contribution is 2.31. The van der Waals surface area contributed by atoms with Gasteiger partial charge >= 0.3 is 0 Å². The minimum Gasteiger partial charge on any atom is -0.271 e. The topological polar surface area (TPSA) is 38.0 Å². The summed E-state index contributed by atoms with van der Waals surface area (Å²) in [5.74, 6) is 7.39. The van der Waals surface area contributed by atoms with E-state index in [1.54, 1.807) is 0 Å². The van der Waals surface area contributed by atoms with Gasteiger partial charge in [-0.3, -0.25) is 11.3 Å². The van der Waals surface area contributed by atoms with E-state index >= 15 is 0 Å². The van der Waals surface area contributed by atoms with E-state index in [-0.39, 0.29) is 0 Å². The van der Waals surface area contributed by atoms with E-state index in [0.29, 0.717) is 6.04 Å². The summed E-state index contributed by atoms with van der Waals surface area (Å²) in [7, 11) is 0. The maximum absolute atomic E-state index is 5.80. The normalized spacial score (nSPS) is 25.9. The summed E-state index contributed by atoms with van der Waals surface area (Å²) in [5, 5.41) is 0. The number of rotatable bonds is 4. The number of nitrogens with two attached hydrogens (primary N) is 1. The molecule has 1 fully saturated rings. The first kappa shape index (κ1) is 13.6. The van der Waals surface area contributed by atoms with Gasteiger partial charge in [0.05, 0.1) is 0 Å². The van der Waals surface area contributed by atoms with E-state index in [4.69, 9.17) is 5.84 Å². The zero-order valence-electron chi connectivity index (χ0n) is 11.7. The van der Waals surface area contributed by atoms with Gasteiger partial charge in [-0.05, 0) is 49.1 Å². The second kappa shape index (κ2) is 6.35. The van der Waals surface area contributed by atoms with Gasteiger partial charge in [-0.2, -0.15) is 0 Å². The van der Waals surface area contributed by atoms with Gasteiger partial charge in [0.15, 0.2) is 0 Å². The third-order valence-electron chi connectivity index (χ3n) is 4.46. The molecule has 1 aromatic carbocycles. The average molecular weight is 246 g/mol. The maximum atomic E-state index is 5.80. The molecule has 0 amide bonds. The van der Waals surface area contributed by atoms with Crippen molar-refractivity contribution in [2.45, 2.75) is 52.0 Å². The smallest absolute Gasteiger partial charge is 0.0279 e. The summed E-state index contributed by atoms with van der Waals surface area (Å²) < 4.78 is 0. The van der Waals surface area contributed by atoms with Crippen LogP contribution in [0, 0.1) is 18.8 Å². The van der Waals surface area contributed by atoms with E-state index in [1.165, 1.54) is 36.8 Å². The minimum atomic E-state index is 0.425. The Bertz CT molecular complexity index is 375. The average Bonchev–Trinajstić information content (AvgIpc) is 2.38. The van der Waals surface area contributed by atoms with Gasteiger partial charge in [-0.15, -0.1) is 0 Å². The van der Waals surface area contributed by atoms with Crippen molar-refractivity contribution in [2.75, 3.05) is 0 Å². The Morgan fingerprint density at radius 2 is 2.11 bits per heavy atom. The second-order valence-electron chi connectivity index (χ2n) is 5.94. The largest absolute Gasteiger partial charge is 0.271 e. The summed E-state index contributed by atoms with van der Waals surface area (Å²) in [6, 6.07) is 9.07. The summed E-state index contributed by atoms with van der Waals surface area (Å²) >= 11 is 0. The van der Waals surface area contributed by atoms with E-state index in [9.17, 15) is 0 Å². The molecule has 1 saturated carbocycles. The van der Waals surface area contributed by atoms with Gasteiger partial charge in [0.1, 0.15) is 0 Å². The molecule has 2 heteroatoms. The predicted molar refractivity (Wildman–Crippen MR) is 77.1 cm³/mol. The number of benzene rings is 1. The fraction of sp³-hybridized carbons (Fsp3) is 0.625. The van der Waals surface area contributed by atoms with E-state index < -0.39 is 0 Å². The molecule has 2 rings (SSSR count). The molecule has 0 spiro atoms. The zero-order valence-corrected chi connectivity index (χ0v) is 11.7. The Hall–Kier alpha value is -0.860. The first-order valence-electron chi connectivity index (χ1n) is 7.21. The van der Waals surface area contributed by atoms with Crippen LogP contribution in [-0.4, -0.2) is 6.04 Å². The van der Waals surface area contributed by atoms with Crippen molar-refractivity contribution in [3.8, 4) is 0 Å². The van der Waals surface area contributed by atoms with Gasteiger partial charge in [0.25, 0.3) is 0 Å². The van der Waals surface area contributed by atoms with Crippen LogP contribution in [-0.2, 0) is 6.42 Å². The van der Waals surface area contributed by atoms with Crippen LogP contribution in [0.1, 0.15) is 43.7 Å². The summed E-state index contributed by atoms with van der Waals surface area (Å²) in [4.78, 5) is 0. The number of aryl methyl sites for hydroxylation is 1. The number of hydrazine groups is 1. The number of nitrogens with one attached hydrogen (secondary N) is 1. The molecule has 1 aromatic rings. The van der Waals surface area contributed by atoms with Crippen molar-refractivity contribution in [1.82, 2.24) is 5.43 Å². The van der Waals surface area contributed by atoms with Crippen molar-refractivity contribution in [3.05, 3.63) is 35.4 Å². The van der Waals surface area contributed by atoms with Crippen LogP contribution in [0.5, 0.6) is 0 Å². The molecule has 2 nitrogen and oxygen atoms in total. The lowest BCUT2D eigenvalue weighted by Crippen LogP contribution is -2.44. The highest BCUT2D eigenvalue weighted by molar-refractivity contribution is 5.26. The first-order valence-corrected chi connectivity index (χ1v) is 7.21. The molecule has 0 aromatic heterocycles. The standard InChI is InChI=1S/C16H26N2/c1-12-6-5-9-15(10-12)16(18-17)11-14-8-4-3-7-13(14)2/h3-4,7-8,12,15-16,18H,5-6,9-11,17H2,1-2H3. The fourth-order valence-electron chi connectivity index (χ4n) is 3.28. The van der Waals surface area contributed by atoms with Gasteiger partial charge in [0, 0.05) is 6.04 Å². The summed E-state index contributed by atoms with van der Waals surface area (Å²) in [6.07, 6.45) is 6.45. The molecule has 1 aliphatic rings. The monoisotopic (exact) mass is 246 g/mol. The van der Waals surface area contributed by atoms with Crippen LogP contribution in [0.25, 0.3) is 0 Å². The van der Waals surface area contributed by atoms with Crippen molar-refractivity contribution in [1.29, 1.82) is 0 Å². The summed E-state index contributed by atoms with van der Waals surface area (Å²) in [5.41, 5.74) is 5.87. The molecule has 1 aliphatic carbocycles. The number of hydrogen-bond acceptors (Lipinski definition) is 2. The fourth-order valence-corrected chi connectivity index (χ4v) is 3.28. The first-order chi connectivity index (χ1) is 8.70. The highest BCUT2D eigenvalue weighted by Gasteiger charge is 2.26. The Balaban J connectivity index is 2.03. The Kier molecular flexibility index (Phi) is 4.79. The van der Waals surface area contributed by atoms with E-state index in [0.717, 1.165) is 18.3 Å². The van der Waals surface area contributed by atoms with Crippen LogP contribution >= 0.6 is 0 Å². The quantitative estimate of drug-likeness (QED) is 0.632. The molecule has 3 atom stereocenters. The SMILES string of the molecule is Cc1ccccc1CC(NN)C1CCCC(C)C1. The molecular weight excluding hydrogens is 220 g/mol. The molecular formula is C16H26N2. The van der Waals surface area contributed by atoms with Crippen molar-refractivity contribution < 1.29 is 0 Å². The van der Waals surface area contributed by atoms with Gasteiger partial charge in [-0.25, -0.2) is 0 Å². The van der Waals surface area contributed by atoms with Gasteiger partial charge < -0.3 is 0 Å². The molecule has 0 radical (unpaired) electrons.